The third-order valence-corrected chi connectivity index (χ3v) is 9.01. The zero-order valence-corrected chi connectivity index (χ0v) is 18.8. The first kappa shape index (κ1) is 21.9. The molecule has 2 unspecified atom stereocenters. The lowest BCUT2D eigenvalue weighted by Crippen LogP contribution is -2.62. The Morgan fingerprint density at radius 3 is 2.36 bits per heavy atom. The molecule has 4 aliphatic rings. The molecule has 4 bridgehead atoms. The van der Waals surface area contributed by atoms with Crippen LogP contribution in [0.1, 0.15) is 42.5 Å². The van der Waals surface area contributed by atoms with Gasteiger partial charge in [0.25, 0.3) is 15.9 Å². The first-order valence-corrected chi connectivity index (χ1v) is 12.6. The highest BCUT2D eigenvalue weighted by molar-refractivity contribution is 7.92. The topological polar surface area (TPSA) is 118 Å². The van der Waals surface area contributed by atoms with E-state index in [4.69, 9.17) is 5.73 Å². The highest BCUT2D eigenvalue weighted by Crippen LogP contribution is 2.59. The van der Waals surface area contributed by atoms with Crippen molar-refractivity contribution in [3.8, 4) is 0 Å². The van der Waals surface area contributed by atoms with Gasteiger partial charge in [-0.1, -0.05) is 18.2 Å². The molecule has 33 heavy (non-hydrogen) atoms. The van der Waals surface area contributed by atoms with Crippen molar-refractivity contribution in [3.63, 3.8) is 0 Å². The lowest BCUT2D eigenvalue weighted by molar-refractivity contribution is -0.145. The van der Waals surface area contributed by atoms with Crippen LogP contribution in [0.5, 0.6) is 0 Å². The Labute approximate surface area is 192 Å². The number of hydrogen-bond donors (Lipinski definition) is 3. The molecule has 6 rings (SSSR count). The molecule has 174 valence electrons. The quantitative estimate of drug-likeness (QED) is 0.600. The second kappa shape index (κ2) is 7.83. The van der Waals surface area contributed by atoms with Gasteiger partial charge in [0.1, 0.15) is 10.7 Å². The van der Waals surface area contributed by atoms with Gasteiger partial charge in [-0.2, -0.15) is 0 Å². The Bertz CT molecular complexity index is 1220. The molecule has 2 aromatic rings. The number of nitrogens with one attached hydrogen (secondary N) is 2. The van der Waals surface area contributed by atoms with Crippen LogP contribution in [-0.2, 0) is 14.8 Å². The minimum Gasteiger partial charge on any atom is -0.369 e. The number of sulfonamides is 1. The fourth-order valence-electron chi connectivity index (χ4n) is 6.39. The van der Waals surface area contributed by atoms with Crippen LogP contribution in [0.15, 0.2) is 53.4 Å². The first-order chi connectivity index (χ1) is 15.7. The number of nitrogens with two attached hydrogens (primary N) is 1. The van der Waals surface area contributed by atoms with Crippen molar-refractivity contribution in [2.24, 2.45) is 28.9 Å². The Hall–Kier alpha value is -2.94. The maximum Gasteiger partial charge on any atom is 0.264 e. The van der Waals surface area contributed by atoms with Crippen LogP contribution in [0.4, 0.5) is 10.1 Å². The molecule has 7 nitrogen and oxygen atoms in total. The van der Waals surface area contributed by atoms with Crippen LogP contribution in [0.3, 0.4) is 0 Å². The number of carbonyl (C=O) groups is 2. The number of halogens is 1. The normalized spacial score (nSPS) is 30.1. The molecule has 0 aliphatic heterocycles. The summed E-state index contributed by atoms with van der Waals surface area (Å²) in [5, 5.41) is 3.14. The summed E-state index contributed by atoms with van der Waals surface area (Å²) in [7, 11) is -4.14. The van der Waals surface area contributed by atoms with E-state index in [0.717, 1.165) is 25.3 Å². The Balaban J connectivity index is 1.31. The molecule has 0 spiro atoms. The van der Waals surface area contributed by atoms with E-state index in [0.29, 0.717) is 24.3 Å². The zero-order chi connectivity index (χ0) is 23.4. The molecule has 0 saturated heterocycles. The minimum absolute atomic E-state index is 0.0275. The summed E-state index contributed by atoms with van der Waals surface area (Å²) in [5.74, 6) is -0.450. The lowest BCUT2D eigenvalue weighted by atomic mass is 9.47. The van der Waals surface area contributed by atoms with E-state index in [1.165, 1.54) is 30.3 Å². The van der Waals surface area contributed by atoms with Crippen molar-refractivity contribution >= 4 is 27.5 Å². The van der Waals surface area contributed by atoms with E-state index >= 15 is 0 Å². The average Bonchev–Trinajstić information content (AvgIpc) is 2.75. The first-order valence-electron chi connectivity index (χ1n) is 11.1. The van der Waals surface area contributed by atoms with Crippen LogP contribution in [0, 0.1) is 29.0 Å². The molecule has 4 fully saturated rings. The van der Waals surface area contributed by atoms with Crippen molar-refractivity contribution < 1.29 is 22.4 Å². The molecular weight excluding hydrogens is 445 g/mol. The summed E-state index contributed by atoms with van der Waals surface area (Å²) < 4.78 is 41.5. The van der Waals surface area contributed by atoms with Gasteiger partial charge in [-0.15, -0.1) is 0 Å². The van der Waals surface area contributed by atoms with Crippen molar-refractivity contribution in [1.82, 2.24) is 5.32 Å². The maximum absolute atomic E-state index is 14.0. The van der Waals surface area contributed by atoms with Gasteiger partial charge in [-0.3, -0.25) is 14.3 Å². The van der Waals surface area contributed by atoms with Gasteiger partial charge in [0.15, 0.2) is 0 Å². The van der Waals surface area contributed by atoms with E-state index in [9.17, 15) is 22.4 Å². The van der Waals surface area contributed by atoms with E-state index < -0.39 is 26.2 Å². The molecule has 0 heterocycles. The molecule has 2 aromatic carbocycles. The van der Waals surface area contributed by atoms with Gasteiger partial charge >= 0.3 is 0 Å². The summed E-state index contributed by atoms with van der Waals surface area (Å²) in [6.07, 6.45) is 4.25. The number of hydrogen-bond acceptors (Lipinski definition) is 4. The highest BCUT2D eigenvalue weighted by atomic mass is 32.2. The van der Waals surface area contributed by atoms with E-state index in [1.54, 1.807) is 12.1 Å². The van der Waals surface area contributed by atoms with Crippen LogP contribution in [0.2, 0.25) is 0 Å². The van der Waals surface area contributed by atoms with Crippen molar-refractivity contribution in [3.05, 3.63) is 59.9 Å². The van der Waals surface area contributed by atoms with Gasteiger partial charge < -0.3 is 11.1 Å². The van der Waals surface area contributed by atoms with Crippen LogP contribution < -0.4 is 15.8 Å². The summed E-state index contributed by atoms with van der Waals surface area (Å²) in [5.41, 5.74) is 5.79. The standard InChI is InChI=1S/C24H26FN3O4S/c25-19-6-1-2-7-20(19)33(31,32)28-18-5-3-4-15(10-18)22(29)27-21-16-8-14-9-17(21)13-24(11-14,12-16)23(26)30/h1-7,10,14,16-17,21,28H,8-9,11-13H2,(H2,26,30)(H,27,29). The van der Waals surface area contributed by atoms with E-state index in [1.807, 2.05) is 0 Å². The average molecular weight is 472 g/mol. The Morgan fingerprint density at radius 2 is 1.70 bits per heavy atom. The van der Waals surface area contributed by atoms with Gasteiger partial charge in [-0.25, -0.2) is 12.8 Å². The SMILES string of the molecule is NC(=O)C12CC3CC(C1)C(NC(=O)c1cccc(NS(=O)(=O)c4ccccc4F)c1)C(C3)C2. The monoisotopic (exact) mass is 471 g/mol. The summed E-state index contributed by atoms with van der Waals surface area (Å²) in [6, 6.07) is 11.2. The van der Waals surface area contributed by atoms with Crippen molar-refractivity contribution in [2.75, 3.05) is 4.72 Å². The van der Waals surface area contributed by atoms with Gasteiger partial charge in [0, 0.05) is 22.7 Å². The maximum atomic E-state index is 14.0. The van der Waals surface area contributed by atoms with E-state index in [2.05, 4.69) is 10.0 Å². The third kappa shape index (κ3) is 3.88. The minimum atomic E-state index is -4.14. The smallest absolute Gasteiger partial charge is 0.264 e. The second-order valence-electron chi connectivity index (χ2n) is 9.73. The van der Waals surface area contributed by atoms with Gasteiger partial charge in [0.2, 0.25) is 5.91 Å². The molecular formula is C24H26FN3O4S. The fourth-order valence-corrected chi connectivity index (χ4v) is 7.52. The van der Waals surface area contributed by atoms with Crippen molar-refractivity contribution in [1.29, 1.82) is 0 Å². The number of rotatable bonds is 6. The second-order valence-corrected chi connectivity index (χ2v) is 11.4. The predicted octanol–water partition coefficient (Wildman–Crippen LogP) is 3.04. The molecule has 4 saturated carbocycles. The molecule has 0 radical (unpaired) electrons. The van der Waals surface area contributed by atoms with Crippen molar-refractivity contribution in [2.45, 2.75) is 43.0 Å². The Kier molecular flexibility index (Phi) is 5.19. The molecule has 4 N–H and O–H groups in total. The molecule has 4 aliphatic carbocycles. The Morgan fingerprint density at radius 1 is 1.00 bits per heavy atom. The summed E-state index contributed by atoms with van der Waals surface area (Å²) >= 11 is 0. The number of amides is 2. The van der Waals surface area contributed by atoms with Gasteiger partial charge in [0.05, 0.1) is 0 Å². The van der Waals surface area contributed by atoms with E-state index in [-0.39, 0.29) is 35.4 Å². The van der Waals surface area contributed by atoms with Gasteiger partial charge in [-0.05, 0) is 80.2 Å². The largest absolute Gasteiger partial charge is 0.369 e. The fraction of sp³-hybridized carbons (Fsp3) is 0.417. The number of primary amides is 1. The molecule has 9 heteroatoms. The third-order valence-electron chi connectivity index (χ3n) is 7.60. The predicted molar refractivity (Wildman–Crippen MR) is 120 cm³/mol. The molecule has 0 aromatic heterocycles. The number of carbonyl (C=O) groups excluding carboxylic acids is 2. The zero-order valence-electron chi connectivity index (χ0n) is 18.0. The van der Waals surface area contributed by atoms with Crippen LogP contribution in [0.25, 0.3) is 0 Å². The van der Waals surface area contributed by atoms with Crippen LogP contribution in [-0.4, -0.2) is 26.3 Å². The molecule has 2 amide bonds. The summed E-state index contributed by atoms with van der Waals surface area (Å²) in [4.78, 5) is 24.7. The summed E-state index contributed by atoms with van der Waals surface area (Å²) in [6.45, 7) is 0. The number of benzene rings is 2. The van der Waals surface area contributed by atoms with Crippen LogP contribution >= 0.6 is 0 Å². The molecule has 2 atom stereocenters. The highest BCUT2D eigenvalue weighted by Gasteiger charge is 2.58. The number of anilines is 1. The lowest BCUT2D eigenvalue weighted by Gasteiger charge is -2.58.